The number of carbonyl (C=O) groups is 1. The number of nitrogens with zero attached hydrogens (tertiary/aromatic N) is 3. The molecule has 1 aromatic heterocycles. The Morgan fingerprint density at radius 2 is 1.83 bits per heavy atom. The number of benzene rings is 2. The van der Waals surface area contributed by atoms with Gasteiger partial charge in [-0.2, -0.15) is 5.10 Å². The quantitative estimate of drug-likeness (QED) is 0.732. The molecule has 0 amide bonds. The van der Waals surface area contributed by atoms with Crippen LogP contribution in [0, 0.1) is 0 Å². The SMILES string of the molecule is O=C(c1ccccc1)C(O)(Cn1cncn1)c1ccccc1Cl. The van der Waals surface area contributed by atoms with Gasteiger partial charge < -0.3 is 5.11 Å². The second-order valence-corrected chi connectivity index (χ2v) is 5.54. The van der Waals surface area contributed by atoms with Crippen LogP contribution in [0.5, 0.6) is 0 Å². The lowest BCUT2D eigenvalue weighted by atomic mass is 9.85. The molecular weight excluding hydrogens is 314 g/mol. The molecule has 0 fully saturated rings. The van der Waals surface area contributed by atoms with Gasteiger partial charge in [0.2, 0.25) is 5.78 Å². The molecule has 1 atom stereocenters. The second kappa shape index (κ2) is 6.32. The van der Waals surface area contributed by atoms with E-state index >= 15 is 0 Å². The molecule has 0 aliphatic heterocycles. The van der Waals surface area contributed by atoms with Crippen molar-refractivity contribution in [1.82, 2.24) is 14.8 Å². The van der Waals surface area contributed by atoms with Crippen LogP contribution in [-0.2, 0) is 12.1 Å². The summed E-state index contributed by atoms with van der Waals surface area (Å²) in [6, 6.07) is 15.4. The van der Waals surface area contributed by atoms with Gasteiger partial charge in [0.05, 0.1) is 6.54 Å². The molecule has 1 unspecified atom stereocenters. The fraction of sp³-hybridized carbons (Fsp3) is 0.118. The van der Waals surface area contributed by atoms with Crippen molar-refractivity contribution in [3.8, 4) is 0 Å². The first-order chi connectivity index (χ1) is 11.1. The van der Waals surface area contributed by atoms with Gasteiger partial charge in [-0.05, 0) is 6.07 Å². The fourth-order valence-corrected chi connectivity index (χ4v) is 2.75. The Bertz CT molecular complexity index is 806. The van der Waals surface area contributed by atoms with Crippen molar-refractivity contribution < 1.29 is 9.90 Å². The Hall–Kier alpha value is -2.50. The van der Waals surface area contributed by atoms with Crippen LogP contribution in [-0.4, -0.2) is 25.7 Å². The number of rotatable bonds is 5. The van der Waals surface area contributed by atoms with Crippen LogP contribution < -0.4 is 0 Å². The molecule has 6 heteroatoms. The minimum atomic E-state index is -1.84. The van der Waals surface area contributed by atoms with Crippen LogP contribution in [0.1, 0.15) is 15.9 Å². The van der Waals surface area contributed by atoms with E-state index in [2.05, 4.69) is 10.1 Å². The van der Waals surface area contributed by atoms with E-state index in [1.165, 1.54) is 17.3 Å². The number of ketones is 1. The van der Waals surface area contributed by atoms with Crippen LogP contribution in [0.15, 0.2) is 67.3 Å². The molecule has 3 aromatic rings. The van der Waals surface area contributed by atoms with E-state index in [-0.39, 0.29) is 6.54 Å². The molecule has 0 spiro atoms. The van der Waals surface area contributed by atoms with Crippen molar-refractivity contribution >= 4 is 17.4 Å². The third kappa shape index (κ3) is 3.02. The molecule has 5 nitrogen and oxygen atoms in total. The number of hydrogen-bond donors (Lipinski definition) is 1. The van der Waals surface area contributed by atoms with Crippen molar-refractivity contribution in [2.75, 3.05) is 0 Å². The second-order valence-electron chi connectivity index (χ2n) is 5.13. The van der Waals surface area contributed by atoms with Gasteiger partial charge in [-0.15, -0.1) is 0 Å². The van der Waals surface area contributed by atoms with Crippen LogP contribution in [0.25, 0.3) is 0 Å². The van der Waals surface area contributed by atoms with Crippen LogP contribution in [0.2, 0.25) is 5.02 Å². The van der Waals surface area contributed by atoms with E-state index in [1.54, 1.807) is 48.5 Å². The van der Waals surface area contributed by atoms with Crippen molar-refractivity contribution in [2.45, 2.75) is 12.1 Å². The molecule has 116 valence electrons. The van der Waals surface area contributed by atoms with E-state index < -0.39 is 11.4 Å². The zero-order valence-electron chi connectivity index (χ0n) is 12.1. The minimum absolute atomic E-state index is 0.0789. The van der Waals surface area contributed by atoms with Crippen molar-refractivity contribution in [3.05, 3.63) is 83.4 Å². The Kier molecular flexibility index (Phi) is 4.23. The number of hydrogen-bond acceptors (Lipinski definition) is 4. The smallest absolute Gasteiger partial charge is 0.200 e. The average molecular weight is 328 g/mol. The molecule has 0 aliphatic rings. The highest BCUT2D eigenvalue weighted by molar-refractivity contribution is 6.31. The number of Topliss-reactive ketones (excluding diaryl/α,β-unsaturated/α-hetero) is 1. The van der Waals surface area contributed by atoms with Gasteiger partial charge in [0.1, 0.15) is 12.7 Å². The monoisotopic (exact) mass is 327 g/mol. The molecule has 0 bridgehead atoms. The summed E-state index contributed by atoms with van der Waals surface area (Å²) >= 11 is 6.22. The molecule has 1 N–H and O–H groups in total. The van der Waals surface area contributed by atoms with E-state index in [0.717, 1.165) is 0 Å². The summed E-state index contributed by atoms with van der Waals surface area (Å²) in [6.45, 7) is -0.0789. The molecule has 2 aromatic carbocycles. The van der Waals surface area contributed by atoms with Crippen LogP contribution >= 0.6 is 11.6 Å². The Labute approximate surface area is 138 Å². The first-order valence-corrected chi connectivity index (χ1v) is 7.39. The lowest BCUT2D eigenvalue weighted by Crippen LogP contribution is -2.40. The van der Waals surface area contributed by atoms with Crippen molar-refractivity contribution in [2.24, 2.45) is 0 Å². The van der Waals surface area contributed by atoms with E-state index in [9.17, 15) is 9.90 Å². The maximum absolute atomic E-state index is 13.0. The number of carbonyl (C=O) groups excluding carboxylic acids is 1. The molecule has 0 saturated carbocycles. The van der Waals surface area contributed by atoms with Gasteiger partial charge in [0, 0.05) is 16.1 Å². The summed E-state index contributed by atoms with van der Waals surface area (Å²) in [4.78, 5) is 16.8. The maximum Gasteiger partial charge on any atom is 0.200 e. The highest BCUT2D eigenvalue weighted by Crippen LogP contribution is 2.32. The minimum Gasteiger partial charge on any atom is -0.375 e. The summed E-state index contributed by atoms with van der Waals surface area (Å²) in [5.41, 5.74) is -1.10. The van der Waals surface area contributed by atoms with Gasteiger partial charge in [-0.25, -0.2) is 9.67 Å². The third-order valence-corrected chi connectivity index (χ3v) is 3.92. The Balaban J connectivity index is 2.10. The summed E-state index contributed by atoms with van der Waals surface area (Å²) in [7, 11) is 0. The molecule has 23 heavy (non-hydrogen) atoms. The standard InChI is InChI=1S/C17H14ClN3O2/c18-15-9-5-4-8-14(15)17(23,10-21-12-19-11-20-21)16(22)13-6-2-1-3-7-13/h1-9,11-12,23H,10H2. The molecule has 0 aliphatic carbocycles. The summed E-state index contributed by atoms with van der Waals surface area (Å²) in [6.07, 6.45) is 2.79. The average Bonchev–Trinajstić information content (AvgIpc) is 3.08. The zero-order chi connectivity index (χ0) is 16.3. The van der Waals surface area contributed by atoms with Gasteiger partial charge in [-0.1, -0.05) is 60.1 Å². The topological polar surface area (TPSA) is 68.0 Å². The first-order valence-electron chi connectivity index (χ1n) is 7.01. The third-order valence-electron chi connectivity index (χ3n) is 3.59. The van der Waals surface area contributed by atoms with E-state index in [1.807, 2.05) is 6.07 Å². The van der Waals surface area contributed by atoms with E-state index in [4.69, 9.17) is 11.6 Å². The van der Waals surface area contributed by atoms with Crippen molar-refractivity contribution in [3.63, 3.8) is 0 Å². The predicted molar refractivity (Wildman–Crippen MR) is 86.1 cm³/mol. The highest BCUT2D eigenvalue weighted by atomic mass is 35.5. The highest BCUT2D eigenvalue weighted by Gasteiger charge is 2.40. The summed E-state index contributed by atoms with van der Waals surface area (Å²) in [5.74, 6) is -0.443. The van der Waals surface area contributed by atoms with Gasteiger partial charge in [-0.3, -0.25) is 4.79 Å². The molecule has 0 saturated heterocycles. The maximum atomic E-state index is 13.0. The largest absolute Gasteiger partial charge is 0.375 e. The number of aromatic nitrogens is 3. The summed E-state index contributed by atoms with van der Waals surface area (Å²) < 4.78 is 1.41. The lowest BCUT2D eigenvalue weighted by Gasteiger charge is -2.28. The van der Waals surface area contributed by atoms with Gasteiger partial charge >= 0.3 is 0 Å². The zero-order valence-corrected chi connectivity index (χ0v) is 12.9. The van der Waals surface area contributed by atoms with Crippen LogP contribution in [0.3, 0.4) is 0 Å². The molecule has 0 radical (unpaired) electrons. The number of aliphatic hydroxyl groups is 1. The molecule has 3 rings (SSSR count). The molecular formula is C17H14ClN3O2. The van der Waals surface area contributed by atoms with E-state index in [0.29, 0.717) is 16.1 Å². The molecule has 1 heterocycles. The number of halogens is 1. The normalized spacial score (nSPS) is 13.5. The first kappa shape index (κ1) is 15.4. The lowest BCUT2D eigenvalue weighted by molar-refractivity contribution is 0.0182. The Morgan fingerprint density at radius 3 is 2.48 bits per heavy atom. The van der Waals surface area contributed by atoms with Crippen LogP contribution in [0.4, 0.5) is 0 Å². The summed E-state index contributed by atoms with van der Waals surface area (Å²) in [5, 5.41) is 15.5. The predicted octanol–water partition coefficient (Wildman–Crippen LogP) is 2.70. The van der Waals surface area contributed by atoms with Gasteiger partial charge in [0.15, 0.2) is 5.60 Å². The Morgan fingerprint density at radius 1 is 1.13 bits per heavy atom. The van der Waals surface area contributed by atoms with Gasteiger partial charge in [0.25, 0.3) is 0 Å². The van der Waals surface area contributed by atoms with Crippen molar-refractivity contribution in [1.29, 1.82) is 0 Å². The fourth-order valence-electron chi connectivity index (χ4n) is 2.45.